The number of hydrogen-bond acceptors (Lipinski definition) is 6. The van der Waals surface area contributed by atoms with Gasteiger partial charge in [-0.05, 0) is 65.0 Å². The lowest BCUT2D eigenvalue weighted by atomic mass is 9.93. The first-order valence-corrected chi connectivity index (χ1v) is 10.5. The molecule has 0 radical (unpaired) electrons. The highest BCUT2D eigenvalue weighted by Crippen LogP contribution is 2.36. The molecule has 0 aliphatic heterocycles. The summed E-state index contributed by atoms with van der Waals surface area (Å²) in [5.41, 5.74) is 1.60. The van der Waals surface area contributed by atoms with Crippen LogP contribution in [0.4, 0.5) is 26.4 Å². The number of hydrogen-bond donors (Lipinski definition) is 3. The first-order chi connectivity index (χ1) is 14.6. The standard InChI is InChI=1S/C22H28F2N6O/c1-12-9-13(23)10-16(24)18(12)27-21-26-17-11-25-20(29-22(2,3)4)28-19(17)30(21)14-5-7-15(31)8-6-14/h9-11,14-15,31H,5-8H2,1-4H3,(H,26,27)(H,25,28,29). The largest absolute Gasteiger partial charge is 0.393 e. The molecule has 0 unspecified atom stereocenters. The first kappa shape index (κ1) is 21.4. The lowest BCUT2D eigenvalue weighted by molar-refractivity contribution is 0.112. The van der Waals surface area contributed by atoms with Crippen molar-refractivity contribution in [3.63, 3.8) is 0 Å². The molecule has 7 nitrogen and oxygen atoms in total. The van der Waals surface area contributed by atoms with Gasteiger partial charge in [0.15, 0.2) is 5.65 Å². The van der Waals surface area contributed by atoms with E-state index in [2.05, 4.69) is 20.6 Å². The van der Waals surface area contributed by atoms with Crippen LogP contribution in [0.2, 0.25) is 0 Å². The van der Waals surface area contributed by atoms with Crippen LogP contribution in [0, 0.1) is 18.6 Å². The summed E-state index contributed by atoms with van der Waals surface area (Å²) in [6.45, 7) is 7.71. The average molecular weight is 431 g/mol. The van der Waals surface area contributed by atoms with Gasteiger partial charge < -0.3 is 15.7 Å². The van der Waals surface area contributed by atoms with E-state index in [4.69, 9.17) is 4.98 Å². The lowest BCUT2D eigenvalue weighted by Gasteiger charge is -2.28. The molecule has 1 aliphatic rings. The Hall–Kier alpha value is -2.81. The maximum atomic E-state index is 14.5. The van der Waals surface area contributed by atoms with E-state index in [0.717, 1.165) is 18.9 Å². The molecule has 2 aromatic heterocycles. The van der Waals surface area contributed by atoms with Crippen molar-refractivity contribution in [1.82, 2.24) is 19.5 Å². The van der Waals surface area contributed by atoms with Gasteiger partial charge in [0.2, 0.25) is 11.9 Å². The van der Waals surface area contributed by atoms with Gasteiger partial charge >= 0.3 is 0 Å². The zero-order valence-corrected chi connectivity index (χ0v) is 18.2. The van der Waals surface area contributed by atoms with Gasteiger partial charge in [0.25, 0.3) is 0 Å². The number of anilines is 3. The number of fused-ring (bicyclic) bond motifs is 1. The van der Waals surface area contributed by atoms with E-state index in [1.165, 1.54) is 6.07 Å². The van der Waals surface area contributed by atoms with Crippen molar-refractivity contribution in [2.75, 3.05) is 10.6 Å². The highest BCUT2D eigenvalue weighted by Gasteiger charge is 2.27. The number of nitrogens with zero attached hydrogens (tertiary/aromatic N) is 4. The van der Waals surface area contributed by atoms with Crippen LogP contribution in [0.1, 0.15) is 58.1 Å². The van der Waals surface area contributed by atoms with E-state index in [9.17, 15) is 13.9 Å². The van der Waals surface area contributed by atoms with E-state index in [0.29, 0.717) is 41.5 Å². The molecule has 2 heterocycles. The van der Waals surface area contributed by atoms with Gasteiger partial charge in [-0.15, -0.1) is 0 Å². The van der Waals surface area contributed by atoms with E-state index >= 15 is 0 Å². The SMILES string of the molecule is Cc1cc(F)cc(F)c1Nc1nc2cnc(NC(C)(C)C)nc2n1C1CCC(O)CC1. The minimum absolute atomic E-state index is 0.0390. The number of nitrogens with one attached hydrogen (secondary N) is 2. The van der Waals surface area contributed by atoms with Crippen LogP contribution in [0.3, 0.4) is 0 Å². The van der Waals surface area contributed by atoms with Gasteiger partial charge in [-0.1, -0.05) is 0 Å². The van der Waals surface area contributed by atoms with E-state index in [1.54, 1.807) is 13.1 Å². The summed E-state index contributed by atoms with van der Waals surface area (Å²) in [6.07, 6.45) is 4.17. The molecule has 1 aliphatic carbocycles. The fraction of sp³-hybridized carbons (Fsp3) is 0.500. The summed E-state index contributed by atoms with van der Waals surface area (Å²) < 4.78 is 30.0. The van der Waals surface area contributed by atoms with E-state index < -0.39 is 11.6 Å². The Balaban J connectivity index is 1.81. The Bertz CT molecular complexity index is 1080. The van der Waals surface area contributed by atoms with Gasteiger partial charge in [0.05, 0.1) is 18.0 Å². The summed E-state index contributed by atoms with van der Waals surface area (Å²) in [6, 6.07) is 2.17. The fourth-order valence-electron chi connectivity index (χ4n) is 4.01. The maximum Gasteiger partial charge on any atom is 0.225 e. The van der Waals surface area contributed by atoms with Gasteiger partial charge in [-0.25, -0.2) is 18.7 Å². The topological polar surface area (TPSA) is 87.9 Å². The second-order valence-corrected chi connectivity index (χ2v) is 9.25. The predicted octanol–water partition coefficient (Wildman–Crippen LogP) is 4.84. The molecular weight excluding hydrogens is 402 g/mol. The summed E-state index contributed by atoms with van der Waals surface area (Å²) >= 11 is 0. The van der Waals surface area contributed by atoms with Crippen LogP contribution in [-0.2, 0) is 0 Å². The van der Waals surface area contributed by atoms with Crippen molar-refractivity contribution >= 4 is 28.7 Å². The number of benzene rings is 1. The van der Waals surface area contributed by atoms with Crippen LogP contribution >= 0.6 is 0 Å². The molecule has 9 heteroatoms. The molecule has 0 atom stereocenters. The Kier molecular flexibility index (Phi) is 5.55. The van der Waals surface area contributed by atoms with Gasteiger partial charge in [0, 0.05) is 17.6 Å². The predicted molar refractivity (Wildman–Crippen MR) is 117 cm³/mol. The number of aromatic nitrogens is 4. The third kappa shape index (κ3) is 4.61. The first-order valence-electron chi connectivity index (χ1n) is 10.5. The zero-order valence-electron chi connectivity index (χ0n) is 18.2. The van der Waals surface area contributed by atoms with E-state index in [-0.39, 0.29) is 23.4 Å². The number of rotatable bonds is 4. The smallest absolute Gasteiger partial charge is 0.225 e. The molecule has 1 saturated carbocycles. The Labute approximate surface area is 179 Å². The molecule has 3 N–H and O–H groups in total. The molecule has 0 spiro atoms. The molecule has 3 aromatic rings. The normalized spacial score (nSPS) is 19.6. The minimum Gasteiger partial charge on any atom is -0.393 e. The quantitative estimate of drug-likeness (QED) is 0.549. The summed E-state index contributed by atoms with van der Waals surface area (Å²) in [4.78, 5) is 13.7. The second kappa shape index (κ2) is 8.03. The van der Waals surface area contributed by atoms with Crippen molar-refractivity contribution in [1.29, 1.82) is 0 Å². The number of aryl methyl sites for hydroxylation is 1. The van der Waals surface area contributed by atoms with Crippen molar-refractivity contribution in [3.05, 3.63) is 35.5 Å². The van der Waals surface area contributed by atoms with Gasteiger partial charge in [-0.2, -0.15) is 4.98 Å². The minimum atomic E-state index is -0.684. The van der Waals surface area contributed by atoms with Crippen LogP contribution in [0.25, 0.3) is 11.2 Å². The molecule has 31 heavy (non-hydrogen) atoms. The zero-order chi connectivity index (χ0) is 22.3. The van der Waals surface area contributed by atoms with Crippen LogP contribution in [0.5, 0.6) is 0 Å². The number of aliphatic hydroxyl groups is 1. The monoisotopic (exact) mass is 430 g/mol. The van der Waals surface area contributed by atoms with Gasteiger partial charge in [-0.3, -0.25) is 4.57 Å². The number of aliphatic hydroxyl groups excluding tert-OH is 1. The van der Waals surface area contributed by atoms with Gasteiger partial charge in [0.1, 0.15) is 17.2 Å². The van der Waals surface area contributed by atoms with Crippen LogP contribution in [0.15, 0.2) is 18.3 Å². The van der Waals surface area contributed by atoms with Crippen LogP contribution < -0.4 is 10.6 Å². The number of imidazole rings is 1. The molecule has 166 valence electrons. The average Bonchev–Trinajstić information content (AvgIpc) is 3.01. The number of halogens is 2. The van der Waals surface area contributed by atoms with Crippen molar-refractivity contribution in [2.45, 2.75) is 71.1 Å². The second-order valence-electron chi connectivity index (χ2n) is 9.25. The highest BCUT2D eigenvalue weighted by atomic mass is 19.1. The molecule has 4 rings (SSSR count). The third-order valence-electron chi connectivity index (χ3n) is 5.44. The van der Waals surface area contributed by atoms with E-state index in [1.807, 2.05) is 25.3 Å². The Morgan fingerprint density at radius 1 is 1.10 bits per heavy atom. The Morgan fingerprint density at radius 2 is 1.81 bits per heavy atom. The fourth-order valence-corrected chi connectivity index (χ4v) is 4.01. The molecule has 0 bridgehead atoms. The molecule has 0 saturated heterocycles. The summed E-state index contributed by atoms with van der Waals surface area (Å²) in [5, 5.41) is 16.3. The molecular formula is C22H28F2N6O. The molecule has 0 amide bonds. The molecule has 1 fully saturated rings. The van der Waals surface area contributed by atoms with Crippen molar-refractivity contribution < 1.29 is 13.9 Å². The Morgan fingerprint density at radius 3 is 2.45 bits per heavy atom. The third-order valence-corrected chi connectivity index (χ3v) is 5.44. The van der Waals surface area contributed by atoms with Crippen molar-refractivity contribution in [2.24, 2.45) is 0 Å². The summed E-state index contributed by atoms with van der Waals surface area (Å²) in [5.74, 6) is -0.407. The highest BCUT2D eigenvalue weighted by molar-refractivity contribution is 5.77. The summed E-state index contributed by atoms with van der Waals surface area (Å²) in [7, 11) is 0. The maximum absolute atomic E-state index is 14.5. The molecule has 1 aromatic carbocycles. The van der Waals surface area contributed by atoms with Crippen LogP contribution in [-0.4, -0.2) is 36.3 Å². The lowest BCUT2D eigenvalue weighted by Crippen LogP contribution is -2.27. The van der Waals surface area contributed by atoms with Crippen molar-refractivity contribution in [3.8, 4) is 0 Å².